The molecular formula is C16H13IN2O3. The zero-order valence-corrected chi connectivity index (χ0v) is 13.6. The van der Waals surface area contributed by atoms with E-state index in [2.05, 4.69) is 27.9 Å². The van der Waals surface area contributed by atoms with Gasteiger partial charge in [-0.2, -0.15) is 0 Å². The lowest BCUT2D eigenvalue weighted by Gasteiger charge is -2.16. The number of nitrogens with zero attached hydrogens (tertiary/aromatic N) is 1. The van der Waals surface area contributed by atoms with E-state index in [1.165, 1.54) is 12.1 Å². The van der Waals surface area contributed by atoms with Crippen LogP contribution in [0.2, 0.25) is 0 Å². The first-order valence-corrected chi connectivity index (χ1v) is 7.80. The van der Waals surface area contributed by atoms with Gasteiger partial charge in [0, 0.05) is 15.3 Å². The van der Waals surface area contributed by atoms with Gasteiger partial charge >= 0.3 is 0 Å². The molecule has 1 saturated heterocycles. The number of phenolic OH excluding ortho intramolecular Hbond substituents is 1. The number of carbonyl (C=O) groups excluding carboxylic acids is 2. The van der Waals surface area contributed by atoms with Crippen molar-refractivity contribution in [3.8, 4) is 5.75 Å². The number of hydrogen-bond donors (Lipinski definition) is 2. The van der Waals surface area contributed by atoms with Crippen molar-refractivity contribution in [3.63, 3.8) is 0 Å². The lowest BCUT2D eigenvalue weighted by Crippen LogP contribution is -2.34. The van der Waals surface area contributed by atoms with Crippen LogP contribution < -0.4 is 10.2 Å². The monoisotopic (exact) mass is 408 g/mol. The highest BCUT2D eigenvalue weighted by molar-refractivity contribution is 14.1. The van der Waals surface area contributed by atoms with Crippen LogP contribution in [0.3, 0.4) is 0 Å². The van der Waals surface area contributed by atoms with Gasteiger partial charge in [-0.15, -0.1) is 0 Å². The van der Waals surface area contributed by atoms with E-state index < -0.39 is 6.04 Å². The second-order valence-corrected chi connectivity index (χ2v) is 6.24. The molecule has 1 aliphatic heterocycles. The molecule has 6 heteroatoms. The summed E-state index contributed by atoms with van der Waals surface area (Å²) < 4.78 is 1.05. The number of amides is 2. The van der Waals surface area contributed by atoms with Crippen LogP contribution >= 0.6 is 22.6 Å². The van der Waals surface area contributed by atoms with Crippen molar-refractivity contribution in [1.82, 2.24) is 0 Å². The number of aromatic hydroxyl groups is 1. The third-order valence-corrected chi connectivity index (χ3v) is 4.07. The second kappa shape index (κ2) is 5.96. The van der Waals surface area contributed by atoms with Gasteiger partial charge < -0.3 is 10.4 Å². The van der Waals surface area contributed by atoms with Crippen molar-refractivity contribution in [2.75, 3.05) is 10.2 Å². The minimum absolute atomic E-state index is 0.0205. The Kier molecular flexibility index (Phi) is 4.02. The summed E-state index contributed by atoms with van der Waals surface area (Å²) in [5.41, 5.74) is 1.19. The molecule has 0 spiro atoms. The molecule has 0 aliphatic carbocycles. The molecule has 2 amide bonds. The lowest BCUT2D eigenvalue weighted by atomic mass is 10.2. The highest BCUT2D eigenvalue weighted by Crippen LogP contribution is 2.27. The number of halogens is 1. The fourth-order valence-electron chi connectivity index (χ4n) is 2.43. The van der Waals surface area contributed by atoms with Crippen molar-refractivity contribution >= 4 is 45.8 Å². The summed E-state index contributed by atoms with van der Waals surface area (Å²) in [5.74, 6) is -0.569. The summed E-state index contributed by atoms with van der Waals surface area (Å²) >= 11 is 2.19. The quantitative estimate of drug-likeness (QED) is 0.606. The van der Waals surface area contributed by atoms with E-state index in [0.29, 0.717) is 5.69 Å². The van der Waals surface area contributed by atoms with E-state index in [-0.39, 0.29) is 24.0 Å². The van der Waals surface area contributed by atoms with Crippen molar-refractivity contribution in [2.45, 2.75) is 12.5 Å². The number of carbonyl (C=O) groups is 2. The van der Waals surface area contributed by atoms with Crippen LogP contribution in [0.5, 0.6) is 5.75 Å². The highest BCUT2D eigenvalue weighted by atomic mass is 127. The molecule has 2 aromatic carbocycles. The van der Waals surface area contributed by atoms with Crippen LogP contribution in [0, 0.1) is 3.57 Å². The van der Waals surface area contributed by atoms with Crippen LogP contribution in [0.15, 0.2) is 48.5 Å². The summed E-state index contributed by atoms with van der Waals surface area (Å²) in [7, 11) is 0. The zero-order valence-electron chi connectivity index (χ0n) is 11.5. The number of hydrogen-bond acceptors (Lipinski definition) is 4. The summed E-state index contributed by atoms with van der Waals surface area (Å²) in [5, 5.41) is 12.6. The maximum Gasteiger partial charge on any atom is 0.256 e. The van der Waals surface area contributed by atoms with Gasteiger partial charge in [-0.25, -0.2) is 4.90 Å². The highest BCUT2D eigenvalue weighted by Gasteiger charge is 2.39. The first-order chi connectivity index (χ1) is 10.5. The SMILES string of the molecule is O=C1CC(Nc2cccc(I)c2)C(=O)N1c1cccc(O)c1. The Hall–Kier alpha value is -2.09. The average Bonchev–Trinajstić information content (AvgIpc) is 2.73. The maximum absolute atomic E-state index is 12.5. The molecule has 1 unspecified atom stereocenters. The average molecular weight is 408 g/mol. The van der Waals surface area contributed by atoms with Crippen molar-refractivity contribution in [2.24, 2.45) is 0 Å². The molecule has 2 aromatic rings. The second-order valence-electron chi connectivity index (χ2n) is 5.00. The van der Waals surface area contributed by atoms with E-state index in [1.54, 1.807) is 12.1 Å². The fourth-order valence-corrected chi connectivity index (χ4v) is 2.97. The summed E-state index contributed by atoms with van der Waals surface area (Å²) in [6, 6.07) is 13.2. The Bertz CT molecular complexity index is 748. The van der Waals surface area contributed by atoms with Gasteiger partial charge in [0.15, 0.2) is 0 Å². The minimum atomic E-state index is -0.590. The Morgan fingerprint density at radius 1 is 1.14 bits per heavy atom. The van der Waals surface area contributed by atoms with E-state index >= 15 is 0 Å². The van der Waals surface area contributed by atoms with Gasteiger partial charge in [-0.3, -0.25) is 9.59 Å². The molecule has 1 atom stereocenters. The Morgan fingerprint density at radius 3 is 2.64 bits per heavy atom. The predicted octanol–water partition coefficient (Wildman–Crippen LogP) is 2.74. The molecule has 1 aliphatic rings. The molecule has 112 valence electrons. The molecule has 2 N–H and O–H groups in total. The fraction of sp³-hybridized carbons (Fsp3) is 0.125. The van der Waals surface area contributed by atoms with E-state index in [1.807, 2.05) is 24.3 Å². The van der Waals surface area contributed by atoms with Gasteiger partial charge in [0.05, 0.1) is 12.1 Å². The molecular weight excluding hydrogens is 395 g/mol. The smallest absolute Gasteiger partial charge is 0.256 e. The standard InChI is InChI=1S/C16H13IN2O3/c17-10-3-1-4-11(7-10)18-14-9-15(21)19(16(14)22)12-5-2-6-13(20)8-12/h1-8,14,18,20H,9H2. The molecule has 0 bridgehead atoms. The van der Waals surface area contributed by atoms with Crippen LogP contribution in [0.1, 0.15) is 6.42 Å². The van der Waals surface area contributed by atoms with E-state index in [9.17, 15) is 14.7 Å². The normalized spacial score (nSPS) is 17.9. The number of benzene rings is 2. The van der Waals surface area contributed by atoms with Gasteiger partial charge in [0.25, 0.3) is 5.91 Å². The minimum Gasteiger partial charge on any atom is -0.508 e. The number of phenols is 1. The Labute approximate surface area is 141 Å². The topological polar surface area (TPSA) is 69.6 Å². The predicted molar refractivity (Wildman–Crippen MR) is 91.8 cm³/mol. The van der Waals surface area contributed by atoms with Crippen LogP contribution in [0.4, 0.5) is 11.4 Å². The summed E-state index contributed by atoms with van der Waals surface area (Å²) in [6.45, 7) is 0. The number of nitrogens with one attached hydrogen (secondary N) is 1. The Balaban J connectivity index is 1.82. The van der Waals surface area contributed by atoms with E-state index in [0.717, 1.165) is 14.2 Å². The number of anilines is 2. The van der Waals surface area contributed by atoms with Gasteiger partial charge in [0.2, 0.25) is 5.91 Å². The van der Waals surface area contributed by atoms with E-state index in [4.69, 9.17) is 0 Å². The number of imide groups is 1. The Morgan fingerprint density at radius 2 is 1.91 bits per heavy atom. The summed E-state index contributed by atoms with van der Waals surface area (Å²) in [4.78, 5) is 25.7. The third-order valence-electron chi connectivity index (χ3n) is 3.40. The van der Waals surface area contributed by atoms with Gasteiger partial charge in [0.1, 0.15) is 11.8 Å². The van der Waals surface area contributed by atoms with Crippen molar-refractivity contribution in [3.05, 3.63) is 52.1 Å². The van der Waals surface area contributed by atoms with Crippen LogP contribution in [-0.2, 0) is 9.59 Å². The number of rotatable bonds is 3. The first-order valence-electron chi connectivity index (χ1n) is 6.72. The van der Waals surface area contributed by atoms with Gasteiger partial charge in [-0.05, 0) is 52.9 Å². The summed E-state index contributed by atoms with van der Waals surface area (Å²) in [6.07, 6.45) is 0.0972. The maximum atomic E-state index is 12.5. The third kappa shape index (κ3) is 2.92. The molecule has 3 rings (SSSR count). The first kappa shape index (κ1) is 14.8. The van der Waals surface area contributed by atoms with Crippen molar-refractivity contribution in [1.29, 1.82) is 0 Å². The molecule has 1 heterocycles. The van der Waals surface area contributed by atoms with Gasteiger partial charge in [-0.1, -0.05) is 12.1 Å². The molecule has 5 nitrogen and oxygen atoms in total. The largest absolute Gasteiger partial charge is 0.508 e. The zero-order chi connectivity index (χ0) is 15.7. The lowest BCUT2D eigenvalue weighted by molar-refractivity contribution is -0.121. The molecule has 0 radical (unpaired) electrons. The molecule has 0 saturated carbocycles. The molecule has 22 heavy (non-hydrogen) atoms. The van der Waals surface area contributed by atoms with Crippen LogP contribution in [0.25, 0.3) is 0 Å². The molecule has 0 aromatic heterocycles. The molecule has 1 fully saturated rings. The van der Waals surface area contributed by atoms with Crippen LogP contribution in [-0.4, -0.2) is 23.0 Å². The van der Waals surface area contributed by atoms with Crippen molar-refractivity contribution < 1.29 is 14.7 Å².